The van der Waals surface area contributed by atoms with Gasteiger partial charge in [0.1, 0.15) is 11.6 Å². The van der Waals surface area contributed by atoms with Crippen molar-refractivity contribution in [3.05, 3.63) is 48.1 Å². The lowest BCUT2D eigenvalue weighted by Crippen LogP contribution is -2.23. The van der Waals surface area contributed by atoms with Crippen molar-refractivity contribution in [3.8, 4) is 6.07 Å². The average Bonchev–Trinajstić information content (AvgIpc) is 2.58. The molecular formula is C17H19N5. The fraction of sp³-hybridized carbons (Fsp3) is 0.353. The topological polar surface area (TPSA) is 73.6 Å². The van der Waals surface area contributed by atoms with E-state index in [2.05, 4.69) is 26.7 Å². The van der Waals surface area contributed by atoms with Crippen LogP contribution < -0.4 is 10.6 Å². The van der Waals surface area contributed by atoms with Crippen LogP contribution in [0, 0.1) is 11.3 Å². The molecule has 0 aromatic carbocycles. The maximum Gasteiger partial charge on any atom is 0.223 e. The first-order chi connectivity index (χ1) is 10.9. The van der Waals surface area contributed by atoms with Gasteiger partial charge in [-0.2, -0.15) is 5.26 Å². The molecule has 1 aromatic heterocycles. The zero-order chi connectivity index (χ0) is 15.2. The van der Waals surface area contributed by atoms with Gasteiger partial charge in [-0.15, -0.1) is 0 Å². The molecule has 1 aliphatic heterocycles. The van der Waals surface area contributed by atoms with Gasteiger partial charge in [0.15, 0.2) is 0 Å². The Morgan fingerprint density at radius 2 is 2.14 bits per heavy atom. The highest BCUT2D eigenvalue weighted by atomic mass is 15.1. The quantitative estimate of drug-likeness (QED) is 0.838. The zero-order valence-corrected chi connectivity index (χ0v) is 12.4. The molecule has 2 heterocycles. The van der Waals surface area contributed by atoms with Crippen LogP contribution in [-0.2, 0) is 0 Å². The zero-order valence-electron chi connectivity index (χ0n) is 12.4. The molecule has 1 saturated carbocycles. The molecule has 0 radical (unpaired) electrons. The fourth-order valence-corrected chi connectivity index (χ4v) is 2.80. The standard InChI is InChI=1S/C17H19N5/c18-12-14(15-8-4-5-10-19-15)16-9-11-20-17(22-16)21-13-6-2-1-3-7-13/h4-5,8-11,13,19H,1-3,6-7H2,(H,20,21,22)/b15-14-. The molecule has 0 bridgehead atoms. The molecule has 1 fully saturated rings. The predicted octanol–water partition coefficient (Wildman–Crippen LogP) is 3.13. The number of nitrogens with one attached hydrogen (secondary N) is 2. The summed E-state index contributed by atoms with van der Waals surface area (Å²) >= 11 is 0. The van der Waals surface area contributed by atoms with Gasteiger partial charge in [-0.25, -0.2) is 9.97 Å². The Bertz CT molecular complexity index is 660. The van der Waals surface area contributed by atoms with Gasteiger partial charge in [0.25, 0.3) is 0 Å². The third kappa shape index (κ3) is 3.34. The summed E-state index contributed by atoms with van der Waals surface area (Å²) in [5, 5.41) is 15.9. The Kier molecular flexibility index (Phi) is 4.50. The number of nitriles is 1. The lowest BCUT2D eigenvalue weighted by Gasteiger charge is -2.22. The Labute approximate surface area is 130 Å². The molecule has 5 nitrogen and oxygen atoms in total. The highest BCUT2D eigenvalue weighted by molar-refractivity contribution is 5.79. The fourth-order valence-electron chi connectivity index (χ4n) is 2.80. The number of nitrogens with zero attached hydrogens (tertiary/aromatic N) is 3. The summed E-state index contributed by atoms with van der Waals surface area (Å²) in [6.07, 6.45) is 15.3. The monoisotopic (exact) mass is 293 g/mol. The highest BCUT2D eigenvalue weighted by Crippen LogP contribution is 2.22. The van der Waals surface area contributed by atoms with Crippen LogP contribution in [0.15, 0.2) is 42.4 Å². The van der Waals surface area contributed by atoms with E-state index >= 15 is 0 Å². The minimum Gasteiger partial charge on any atom is -0.361 e. The van der Waals surface area contributed by atoms with Crippen LogP contribution in [0.5, 0.6) is 0 Å². The second kappa shape index (κ2) is 6.90. The van der Waals surface area contributed by atoms with E-state index in [0.717, 1.165) is 18.5 Å². The Balaban J connectivity index is 1.82. The van der Waals surface area contributed by atoms with E-state index in [1.54, 1.807) is 18.5 Å². The van der Waals surface area contributed by atoms with Gasteiger partial charge in [0.05, 0.1) is 11.4 Å². The van der Waals surface area contributed by atoms with Crippen molar-refractivity contribution in [1.29, 1.82) is 5.26 Å². The average molecular weight is 293 g/mol. The molecule has 0 atom stereocenters. The van der Waals surface area contributed by atoms with Crippen molar-refractivity contribution in [3.63, 3.8) is 0 Å². The Morgan fingerprint density at radius 3 is 2.86 bits per heavy atom. The molecule has 2 aliphatic rings. The number of hydrogen-bond acceptors (Lipinski definition) is 5. The molecule has 0 unspecified atom stereocenters. The first-order valence-electron chi connectivity index (χ1n) is 7.71. The summed E-state index contributed by atoms with van der Waals surface area (Å²) in [6, 6.07) is 4.44. The molecule has 0 amide bonds. The van der Waals surface area contributed by atoms with E-state index in [4.69, 9.17) is 0 Å². The van der Waals surface area contributed by atoms with Crippen molar-refractivity contribution in [1.82, 2.24) is 15.3 Å². The van der Waals surface area contributed by atoms with Crippen molar-refractivity contribution in [2.75, 3.05) is 5.32 Å². The molecule has 0 saturated heterocycles. The van der Waals surface area contributed by atoms with Crippen molar-refractivity contribution in [2.45, 2.75) is 38.1 Å². The van der Waals surface area contributed by atoms with Gasteiger partial charge in [-0.05, 0) is 31.1 Å². The first kappa shape index (κ1) is 14.3. The van der Waals surface area contributed by atoms with Gasteiger partial charge < -0.3 is 10.6 Å². The second-order valence-corrected chi connectivity index (χ2v) is 5.51. The number of hydrogen-bond donors (Lipinski definition) is 2. The van der Waals surface area contributed by atoms with Gasteiger partial charge in [-0.1, -0.05) is 25.3 Å². The predicted molar refractivity (Wildman–Crippen MR) is 86.5 cm³/mol. The van der Waals surface area contributed by atoms with Crippen LogP contribution in [0.2, 0.25) is 0 Å². The minimum absolute atomic E-state index is 0.442. The van der Waals surface area contributed by atoms with Crippen LogP contribution >= 0.6 is 0 Å². The van der Waals surface area contributed by atoms with Crippen LogP contribution in [-0.4, -0.2) is 16.0 Å². The summed E-state index contributed by atoms with van der Waals surface area (Å²) in [4.78, 5) is 8.80. The molecule has 1 aromatic rings. The number of aromatic nitrogens is 2. The minimum atomic E-state index is 0.442. The normalized spacial score (nSPS) is 20.1. The van der Waals surface area contributed by atoms with E-state index < -0.39 is 0 Å². The van der Waals surface area contributed by atoms with E-state index in [1.165, 1.54) is 19.3 Å². The third-order valence-electron chi connectivity index (χ3n) is 3.94. The van der Waals surface area contributed by atoms with Crippen molar-refractivity contribution >= 4 is 11.5 Å². The number of anilines is 1. The molecular weight excluding hydrogens is 274 g/mol. The number of rotatable bonds is 3. The molecule has 22 heavy (non-hydrogen) atoms. The lowest BCUT2D eigenvalue weighted by molar-refractivity contribution is 0.461. The van der Waals surface area contributed by atoms with E-state index in [-0.39, 0.29) is 0 Å². The van der Waals surface area contributed by atoms with Gasteiger partial charge in [-0.3, -0.25) is 0 Å². The summed E-state index contributed by atoms with van der Waals surface area (Å²) in [5.41, 5.74) is 1.92. The number of dihydropyridines is 1. The highest BCUT2D eigenvalue weighted by Gasteiger charge is 2.15. The van der Waals surface area contributed by atoms with Gasteiger partial charge in [0, 0.05) is 18.4 Å². The molecule has 0 spiro atoms. The third-order valence-corrected chi connectivity index (χ3v) is 3.94. The molecule has 1 aliphatic carbocycles. The summed E-state index contributed by atoms with van der Waals surface area (Å²) in [6.45, 7) is 0. The van der Waals surface area contributed by atoms with Crippen LogP contribution in [0.3, 0.4) is 0 Å². The first-order valence-corrected chi connectivity index (χ1v) is 7.71. The van der Waals surface area contributed by atoms with Gasteiger partial charge in [0.2, 0.25) is 5.95 Å². The largest absolute Gasteiger partial charge is 0.361 e. The Morgan fingerprint density at radius 1 is 1.27 bits per heavy atom. The van der Waals surface area contributed by atoms with Crippen LogP contribution in [0.1, 0.15) is 37.8 Å². The second-order valence-electron chi connectivity index (χ2n) is 5.51. The smallest absolute Gasteiger partial charge is 0.223 e. The lowest BCUT2D eigenvalue weighted by atomic mass is 9.96. The van der Waals surface area contributed by atoms with Crippen LogP contribution in [0.25, 0.3) is 5.57 Å². The van der Waals surface area contributed by atoms with Crippen molar-refractivity contribution in [2.24, 2.45) is 0 Å². The SMILES string of the molecule is N#C/C(=C1\C=CC=CN1)c1ccnc(NC2CCCCC2)n1. The summed E-state index contributed by atoms with van der Waals surface area (Å²) in [5.74, 6) is 0.605. The summed E-state index contributed by atoms with van der Waals surface area (Å²) in [7, 11) is 0. The number of allylic oxidation sites excluding steroid dienone is 4. The maximum atomic E-state index is 9.46. The molecule has 5 heteroatoms. The Hall–Kier alpha value is -2.61. The van der Waals surface area contributed by atoms with E-state index in [1.807, 2.05) is 18.2 Å². The van der Waals surface area contributed by atoms with E-state index in [0.29, 0.717) is 23.3 Å². The van der Waals surface area contributed by atoms with Gasteiger partial charge >= 0.3 is 0 Å². The van der Waals surface area contributed by atoms with E-state index in [9.17, 15) is 5.26 Å². The molecule has 3 rings (SSSR count). The van der Waals surface area contributed by atoms with Crippen LogP contribution in [0.4, 0.5) is 5.95 Å². The molecule has 112 valence electrons. The van der Waals surface area contributed by atoms with Crippen molar-refractivity contribution < 1.29 is 0 Å². The molecule has 2 N–H and O–H groups in total. The maximum absolute atomic E-state index is 9.46. The summed E-state index contributed by atoms with van der Waals surface area (Å²) < 4.78 is 0.